The second-order valence-corrected chi connectivity index (χ2v) is 3.96. The van der Waals surface area contributed by atoms with Crippen LogP contribution < -0.4 is 11.1 Å². The molecule has 20 heavy (non-hydrogen) atoms. The van der Waals surface area contributed by atoms with Gasteiger partial charge in [0, 0.05) is 30.6 Å². The van der Waals surface area contributed by atoms with Crippen LogP contribution in [-0.2, 0) is 6.54 Å². The molecule has 7 heteroatoms. The Morgan fingerprint density at radius 1 is 1.20 bits per heavy atom. The molecular formula is C13H10F3N3O. The Kier molecular flexibility index (Phi) is 3.99. The van der Waals surface area contributed by atoms with Gasteiger partial charge in [-0.15, -0.1) is 0 Å². The molecule has 0 aliphatic heterocycles. The number of nitrogens with zero attached hydrogens (tertiary/aromatic N) is 1. The second kappa shape index (κ2) is 5.70. The first-order valence-electron chi connectivity index (χ1n) is 5.62. The topological polar surface area (TPSA) is 68.0 Å². The van der Waals surface area contributed by atoms with Gasteiger partial charge in [0.2, 0.25) is 0 Å². The molecule has 0 saturated heterocycles. The number of carbonyl (C=O) groups is 1. The van der Waals surface area contributed by atoms with Gasteiger partial charge in [0.25, 0.3) is 5.91 Å². The molecule has 104 valence electrons. The molecule has 1 aromatic carbocycles. The summed E-state index contributed by atoms with van der Waals surface area (Å²) in [6.07, 6.45) is 1.42. The van der Waals surface area contributed by atoms with E-state index in [9.17, 15) is 18.0 Å². The fourth-order valence-corrected chi connectivity index (χ4v) is 1.50. The highest BCUT2D eigenvalue weighted by Gasteiger charge is 2.13. The van der Waals surface area contributed by atoms with Crippen LogP contribution in [0.2, 0.25) is 0 Å². The minimum Gasteiger partial charge on any atom is -0.326 e. The number of rotatable bonds is 3. The summed E-state index contributed by atoms with van der Waals surface area (Å²) >= 11 is 0. The zero-order valence-corrected chi connectivity index (χ0v) is 10.2. The molecule has 0 radical (unpaired) electrons. The molecule has 0 spiro atoms. The van der Waals surface area contributed by atoms with E-state index in [1.807, 2.05) is 0 Å². The normalized spacial score (nSPS) is 10.4. The van der Waals surface area contributed by atoms with Crippen molar-refractivity contribution in [3.05, 3.63) is 59.2 Å². The first-order valence-corrected chi connectivity index (χ1v) is 5.62. The molecule has 2 rings (SSSR count). The van der Waals surface area contributed by atoms with Crippen molar-refractivity contribution in [1.29, 1.82) is 0 Å². The van der Waals surface area contributed by atoms with E-state index >= 15 is 0 Å². The van der Waals surface area contributed by atoms with E-state index in [2.05, 4.69) is 10.3 Å². The summed E-state index contributed by atoms with van der Waals surface area (Å²) in [6.45, 7) is 0.281. The molecule has 0 saturated carbocycles. The van der Waals surface area contributed by atoms with Crippen molar-refractivity contribution >= 4 is 11.6 Å². The van der Waals surface area contributed by atoms with Crippen LogP contribution in [0.25, 0.3) is 0 Å². The van der Waals surface area contributed by atoms with Gasteiger partial charge in [-0.1, -0.05) is 6.07 Å². The van der Waals surface area contributed by atoms with Crippen LogP contribution in [0.15, 0.2) is 30.5 Å². The average Bonchev–Trinajstić information content (AvgIpc) is 2.44. The number of halogens is 3. The maximum Gasteiger partial charge on any atom is 0.274 e. The summed E-state index contributed by atoms with van der Waals surface area (Å²) < 4.78 is 38.8. The van der Waals surface area contributed by atoms with E-state index in [0.717, 1.165) is 5.56 Å². The molecule has 0 atom stereocenters. The fourth-order valence-electron chi connectivity index (χ4n) is 1.50. The molecule has 0 fully saturated rings. The number of hydrogen-bond donors (Lipinski definition) is 2. The number of aromatic nitrogens is 1. The summed E-state index contributed by atoms with van der Waals surface area (Å²) in [7, 11) is 0. The smallest absolute Gasteiger partial charge is 0.274 e. The van der Waals surface area contributed by atoms with Gasteiger partial charge in [-0.05, 0) is 11.6 Å². The lowest BCUT2D eigenvalue weighted by Gasteiger charge is -2.06. The number of anilines is 1. The fraction of sp³-hybridized carbons (Fsp3) is 0.0769. The Morgan fingerprint density at radius 2 is 1.85 bits per heavy atom. The van der Waals surface area contributed by atoms with Gasteiger partial charge in [0.1, 0.15) is 5.69 Å². The Bertz CT molecular complexity index is 621. The van der Waals surface area contributed by atoms with E-state index in [4.69, 9.17) is 5.73 Å². The summed E-state index contributed by atoms with van der Waals surface area (Å²) in [4.78, 5) is 15.6. The van der Waals surface area contributed by atoms with Crippen molar-refractivity contribution in [2.75, 3.05) is 5.32 Å². The molecule has 3 N–H and O–H groups in total. The van der Waals surface area contributed by atoms with E-state index in [1.54, 1.807) is 6.07 Å². The molecule has 1 aromatic heterocycles. The summed E-state index contributed by atoms with van der Waals surface area (Å²) in [6, 6.07) is 4.40. The maximum atomic E-state index is 13.0. The molecule has 4 nitrogen and oxygen atoms in total. The number of carbonyl (C=O) groups excluding carboxylic acids is 1. The Hall–Kier alpha value is -2.41. The van der Waals surface area contributed by atoms with Gasteiger partial charge in [0.15, 0.2) is 17.5 Å². The van der Waals surface area contributed by atoms with E-state index in [0.29, 0.717) is 12.1 Å². The number of nitrogens with one attached hydrogen (secondary N) is 1. The van der Waals surface area contributed by atoms with Gasteiger partial charge in [0.05, 0.1) is 0 Å². The third kappa shape index (κ3) is 2.94. The Labute approximate surface area is 112 Å². The molecular weight excluding hydrogens is 271 g/mol. The predicted molar refractivity (Wildman–Crippen MR) is 66.4 cm³/mol. The van der Waals surface area contributed by atoms with Gasteiger partial charge in [-0.25, -0.2) is 13.2 Å². The minimum absolute atomic E-state index is 0.0485. The molecule has 1 heterocycles. The second-order valence-electron chi connectivity index (χ2n) is 3.96. The minimum atomic E-state index is -1.59. The molecule has 0 bridgehead atoms. The third-order valence-corrected chi connectivity index (χ3v) is 2.53. The lowest BCUT2D eigenvalue weighted by atomic mass is 10.2. The zero-order valence-electron chi connectivity index (χ0n) is 10.2. The van der Waals surface area contributed by atoms with Crippen LogP contribution in [0, 0.1) is 17.5 Å². The van der Waals surface area contributed by atoms with Crippen LogP contribution in [0.1, 0.15) is 16.1 Å². The van der Waals surface area contributed by atoms with Crippen molar-refractivity contribution in [3.8, 4) is 0 Å². The zero-order chi connectivity index (χ0) is 14.7. The monoisotopic (exact) mass is 281 g/mol. The van der Waals surface area contributed by atoms with Gasteiger partial charge >= 0.3 is 0 Å². The van der Waals surface area contributed by atoms with Gasteiger partial charge in [-0.2, -0.15) is 0 Å². The lowest BCUT2D eigenvalue weighted by molar-refractivity contribution is 0.102. The first-order chi connectivity index (χ1) is 9.51. The van der Waals surface area contributed by atoms with Crippen LogP contribution in [0.5, 0.6) is 0 Å². The molecule has 1 amide bonds. The first kappa shape index (κ1) is 14.0. The van der Waals surface area contributed by atoms with Gasteiger partial charge in [-0.3, -0.25) is 9.78 Å². The number of hydrogen-bond acceptors (Lipinski definition) is 3. The van der Waals surface area contributed by atoms with Crippen LogP contribution in [0.4, 0.5) is 18.9 Å². The highest BCUT2D eigenvalue weighted by atomic mass is 19.2. The summed E-state index contributed by atoms with van der Waals surface area (Å²) in [5.74, 6) is -5.02. The molecule has 0 aliphatic rings. The number of nitrogens with two attached hydrogens (primary N) is 1. The van der Waals surface area contributed by atoms with E-state index < -0.39 is 23.4 Å². The van der Waals surface area contributed by atoms with Crippen LogP contribution >= 0.6 is 0 Å². The van der Waals surface area contributed by atoms with E-state index in [-0.39, 0.29) is 17.9 Å². The molecule has 2 aromatic rings. The number of pyridine rings is 1. The van der Waals surface area contributed by atoms with E-state index in [1.165, 1.54) is 12.3 Å². The highest BCUT2D eigenvalue weighted by molar-refractivity contribution is 6.02. The Morgan fingerprint density at radius 3 is 2.35 bits per heavy atom. The Balaban J connectivity index is 2.18. The quantitative estimate of drug-likeness (QED) is 0.847. The highest BCUT2D eigenvalue weighted by Crippen LogP contribution is 2.17. The van der Waals surface area contributed by atoms with Crippen LogP contribution in [0.3, 0.4) is 0 Å². The molecule has 0 unspecified atom stereocenters. The average molecular weight is 281 g/mol. The largest absolute Gasteiger partial charge is 0.326 e. The maximum absolute atomic E-state index is 13.0. The standard InChI is InChI=1S/C13H10F3N3O/c14-9-3-8(4-10(15)12(9)16)19-13(20)11-2-1-7(5-17)6-18-11/h1-4,6H,5,17H2,(H,19,20). The number of benzene rings is 1. The van der Waals surface area contributed by atoms with Crippen molar-refractivity contribution in [2.24, 2.45) is 5.73 Å². The lowest BCUT2D eigenvalue weighted by Crippen LogP contribution is -2.14. The van der Waals surface area contributed by atoms with Crippen molar-refractivity contribution in [3.63, 3.8) is 0 Å². The van der Waals surface area contributed by atoms with Gasteiger partial charge < -0.3 is 11.1 Å². The SMILES string of the molecule is NCc1ccc(C(=O)Nc2cc(F)c(F)c(F)c2)nc1. The summed E-state index contributed by atoms with van der Waals surface area (Å²) in [5.41, 5.74) is 5.97. The van der Waals surface area contributed by atoms with Crippen LogP contribution in [-0.4, -0.2) is 10.9 Å². The molecule has 0 aliphatic carbocycles. The third-order valence-electron chi connectivity index (χ3n) is 2.53. The summed E-state index contributed by atoms with van der Waals surface area (Å²) in [5, 5.41) is 2.23. The number of amides is 1. The van der Waals surface area contributed by atoms with Crippen molar-refractivity contribution in [2.45, 2.75) is 6.54 Å². The predicted octanol–water partition coefficient (Wildman–Crippen LogP) is 2.21. The van der Waals surface area contributed by atoms with Crippen molar-refractivity contribution in [1.82, 2.24) is 4.98 Å². The van der Waals surface area contributed by atoms with Crippen molar-refractivity contribution < 1.29 is 18.0 Å².